The van der Waals surface area contributed by atoms with Gasteiger partial charge >= 0.3 is 0 Å². The minimum atomic E-state index is -0.379. The fourth-order valence-corrected chi connectivity index (χ4v) is 3.89. The van der Waals surface area contributed by atoms with Gasteiger partial charge in [0, 0.05) is 26.6 Å². The fourth-order valence-electron chi connectivity index (χ4n) is 3.89. The monoisotopic (exact) mass is 380 g/mol. The number of hydrogen-bond donors (Lipinski definition) is 0. The Balaban J connectivity index is 1.58. The summed E-state index contributed by atoms with van der Waals surface area (Å²) in [4.78, 5) is 28.9. The SMILES string of the molecule is CC(=O)N1CCC[C@H]1C(=O)N(Cc1ccccc1)Cc1ccc2c(c1)OCO2. The van der Waals surface area contributed by atoms with Gasteiger partial charge in [0.2, 0.25) is 18.6 Å². The van der Waals surface area contributed by atoms with Crippen LogP contribution in [-0.2, 0) is 22.7 Å². The molecule has 0 radical (unpaired) electrons. The Labute approximate surface area is 164 Å². The van der Waals surface area contributed by atoms with Gasteiger partial charge in [-0.05, 0) is 36.1 Å². The smallest absolute Gasteiger partial charge is 0.245 e. The number of benzene rings is 2. The van der Waals surface area contributed by atoms with Crippen molar-refractivity contribution in [1.29, 1.82) is 0 Å². The van der Waals surface area contributed by atoms with Crippen LogP contribution in [0, 0.1) is 0 Å². The molecule has 0 bridgehead atoms. The van der Waals surface area contributed by atoms with E-state index in [9.17, 15) is 9.59 Å². The van der Waals surface area contributed by atoms with Crippen molar-refractivity contribution in [1.82, 2.24) is 9.80 Å². The third-order valence-corrected chi connectivity index (χ3v) is 5.28. The first-order chi connectivity index (χ1) is 13.6. The predicted octanol–water partition coefficient (Wildman–Crippen LogP) is 2.96. The van der Waals surface area contributed by atoms with E-state index in [1.54, 1.807) is 4.90 Å². The van der Waals surface area contributed by atoms with Gasteiger partial charge < -0.3 is 19.3 Å². The number of rotatable bonds is 5. The average molecular weight is 380 g/mol. The Bertz CT molecular complexity index is 868. The Morgan fingerprint density at radius 3 is 2.57 bits per heavy atom. The lowest BCUT2D eigenvalue weighted by molar-refractivity contribution is -0.143. The number of nitrogens with zero attached hydrogens (tertiary/aromatic N) is 2. The van der Waals surface area contributed by atoms with Gasteiger partial charge in [0.15, 0.2) is 11.5 Å². The lowest BCUT2D eigenvalue weighted by Crippen LogP contribution is -2.46. The van der Waals surface area contributed by atoms with Gasteiger partial charge in [-0.15, -0.1) is 0 Å². The molecule has 6 heteroatoms. The lowest BCUT2D eigenvalue weighted by Gasteiger charge is -2.30. The van der Waals surface area contributed by atoms with Crippen LogP contribution in [0.2, 0.25) is 0 Å². The number of fused-ring (bicyclic) bond motifs is 1. The molecule has 2 aliphatic heterocycles. The Morgan fingerprint density at radius 2 is 1.79 bits per heavy atom. The fraction of sp³-hybridized carbons (Fsp3) is 0.364. The zero-order chi connectivity index (χ0) is 19.5. The quantitative estimate of drug-likeness (QED) is 0.800. The summed E-state index contributed by atoms with van der Waals surface area (Å²) >= 11 is 0. The predicted molar refractivity (Wildman–Crippen MR) is 104 cm³/mol. The molecule has 0 N–H and O–H groups in total. The largest absolute Gasteiger partial charge is 0.454 e. The van der Waals surface area contributed by atoms with Crippen LogP contribution in [0.3, 0.4) is 0 Å². The highest BCUT2D eigenvalue weighted by molar-refractivity contribution is 5.87. The average Bonchev–Trinajstić information content (AvgIpc) is 3.37. The van der Waals surface area contributed by atoms with Crippen LogP contribution in [0.15, 0.2) is 48.5 Å². The van der Waals surface area contributed by atoms with Crippen LogP contribution < -0.4 is 9.47 Å². The maximum absolute atomic E-state index is 13.4. The van der Waals surface area contributed by atoms with E-state index in [1.165, 1.54) is 6.92 Å². The number of carbonyl (C=O) groups excluding carboxylic acids is 2. The zero-order valence-electron chi connectivity index (χ0n) is 16.0. The molecule has 1 fully saturated rings. The maximum atomic E-state index is 13.4. The normalized spacial score (nSPS) is 17.6. The standard InChI is InChI=1S/C22H24N2O4/c1-16(25)24-11-5-8-19(24)22(26)23(13-17-6-3-2-4-7-17)14-18-9-10-20-21(12-18)28-15-27-20/h2-4,6-7,9-10,12,19H,5,8,11,13-15H2,1H3/t19-/m0/s1. The molecule has 2 aromatic rings. The highest BCUT2D eigenvalue weighted by Gasteiger charge is 2.35. The number of ether oxygens (including phenoxy) is 2. The van der Waals surface area contributed by atoms with Gasteiger partial charge in [-0.2, -0.15) is 0 Å². The molecule has 2 heterocycles. The van der Waals surface area contributed by atoms with Crippen molar-refractivity contribution in [3.8, 4) is 11.5 Å². The molecule has 28 heavy (non-hydrogen) atoms. The van der Waals surface area contributed by atoms with Gasteiger partial charge in [0.1, 0.15) is 6.04 Å². The molecule has 4 rings (SSSR count). The molecule has 6 nitrogen and oxygen atoms in total. The van der Waals surface area contributed by atoms with E-state index < -0.39 is 0 Å². The second-order valence-electron chi connectivity index (χ2n) is 7.24. The molecule has 0 aromatic heterocycles. The summed E-state index contributed by atoms with van der Waals surface area (Å²) in [6.45, 7) is 3.35. The van der Waals surface area contributed by atoms with E-state index in [0.29, 0.717) is 31.8 Å². The van der Waals surface area contributed by atoms with Crippen LogP contribution in [0.5, 0.6) is 11.5 Å². The van der Waals surface area contributed by atoms with Gasteiger partial charge in [0.25, 0.3) is 0 Å². The minimum absolute atomic E-state index is 0.00535. The van der Waals surface area contributed by atoms with Crippen LogP contribution in [0.4, 0.5) is 0 Å². The van der Waals surface area contributed by atoms with E-state index in [1.807, 2.05) is 53.4 Å². The van der Waals surface area contributed by atoms with Crippen LogP contribution in [0.25, 0.3) is 0 Å². The van der Waals surface area contributed by atoms with E-state index in [2.05, 4.69) is 0 Å². The molecule has 0 saturated carbocycles. The van der Waals surface area contributed by atoms with Crippen LogP contribution in [-0.4, -0.2) is 41.0 Å². The summed E-state index contributed by atoms with van der Waals surface area (Å²) < 4.78 is 10.8. The summed E-state index contributed by atoms with van der Waals surface area (Å²) in [6, 6.07) is 15.3. The molecule has 2 aliphatic rings. The third-order valence-electron chi connectivity index (χ3n) is 5.28. The van der Waals surface area contributed by atoms with E-state index in [0.717, 1.165) is 23.3 Å². The maximum Gasteiger partial charge on any atom is 0.245 e. The van der Waals surface area contributed by atoms with Crippen molar-refractivity contribution < 1.29 is 19.1 Å². The number of hydrogen-bond acceptors (Lipinski definition) is 4. The van der Waals surface area contributed by atoms with E-state index >= 15 is 0 Å². The Morgan fingerprint density at radius 1 is 1.04 bits per heavy atom. The van der Waals surface area contributed by atoms with Crippen molar-refractivity contribution in [3.63, 3.8) is 0 Å². The highest BCUT2D eigenvalue weighted by atomic mass is 16.7. The molecule has 2 aromatic carbocycles. The summed E-state index contributed by atoms with van der Waals surface area (Å²) in [5.74, 6) is 1.38. The van der Waals surface area contributed by atoms with Gasteiger partial charge in [0.05, 0.1) is 0 Å². The molecule has 146 valence electrons. The third kappa shape index (κ3) is 3.81. The molecule has 1 atom stereocenters. The summed E-state index contributed by atoms with van der Waals surface area (Å²) in [7, 11) is 0. The first-order valence-electron chi connectivity index (χ1n) is 9.60. The van der Waals surface area contributed by atoms with Crippen molar-refractivity contribution in [2.24, 2.45) is 0 Å². The van der Waals surface area contributed by atoms with E-state index in [-0.39, 0.29) is 24.6 Å². The summed E-state index contributed by atoms with van der Waals surface area (Å²) in [5, 5.41) is 0. The van der Waals surface area contributed by atoms with Crippen molar-refractivity contribution in [2.45, 2.75) is 38.9 Å². The number of likely N-dealkylation sites (tertiary alicyclic amines) is 1. The minimum Gasteiger partial charge on any atom is -0.454 e. The summed E-state index contributed by atoms with van der Waals surface area (Å²) in [5.41, 5.74) is 2.03. The first-order valence-corrected chi connectivity index (χ1v) is 9.60. The Hall–Kier alpha value is -3.02. The van der Waals surface area contributed by atoms with Gasteiger partial charge in [-0.25, -0.2) is 0 Å². The molecule has 0 aliphatic carbocycles. The topological polar surface area (TPSA) is 59.1 Å². The molecule has 0 spiro atoms. The van der Waals surface area contributed by atoms with Crippen LogP contribution >= 0.6 is 0 Å². The summed E-state index contributed by atoms with van der Waals surface area (Å²) in [6.07, 6.45) is 1.57. The zero-order valence-corrected chi connectivity index (χ0v) is 16.0. The molecular formula is C22H24N2O4. The second kappa shape index (κ2) is 7.92. The number of carbonyl (C=O) groups is 2. The molecule has 2 amide bonds. The molecule has 0 unspecified atom stereocenters. The van der Waals surface area contributed by atoms with Crippen molar-refractivity contribution in [3.05, 3.63) is 59.7 Å². The lowest BCUT2D eigenvalue weighted by atomic mass is 10.1. The van der Waals surface area contributed by atoms with Gasteiger partial charge in [-0.1, -0.05) is 36.4 Å². The first kappa shape index (κ1) is 18.3. The number of amides is 2. The molecular weight excluding hydrogens is 356 g/mol. The van der Waals surface area contributed by atoms with Gasteiger partial charge in [-0.3, -0.25) is 9.59 Å². The second-order valence-corrected chi connectivity index (χ2v) is 7.24. The Kier molecular flexibility index (Phi) is 5.19. The van der Waals surface area contributed by atoms with Crippen molar-refractivity contribution in [2.75, 3.05) is 13.3 Å². The van der Waals surface area contributed by atoms with E-state index in [4.69, 9.17) is 9.47 Å². The van der Waals surface area contributed by atoms with Crippen molar-refractivity contribution >= 4 is 11.8 Å². The van der Waals surface area contributed by atoms with Crippen LogP contribution in [0.1, 0.15) is 30.9 Å². The molecule has 1 saturated heterocycles. The highest BCUT2D eigenvalue weighted by Crippen LogP contribution is 2.33.